The Labute approximate surface area is 184 Å². The maximum Gasteiger partial charge on any atom is 0.0861 e. The van der Waals surface area contributed by atoms with Gasteiger partial charge >= 0.3 is 0 Å². The molecule has 0 amide bonds. The van der Waals surface area contributed by atoms with Crippen LogP contribution in [-0.4, -0.2) is 0 Å². The number of ether oxygens (including phenoxy) is 1. The minimum atomic E-state index is 0.753. The minimum Gasteiger partial charge on any atom is -0.473 e. The second-order valence-corrected chi connectivity index (χ2v) is 10.9. The number of allylic oxidation sites excluding steroid dienone is 2. The van der Waals surface area contributed by atoms with Gasteiger partial charge in [0.05, 0.1) is 12.5 Å². The summed E-state index contributed by atoms with van der Waals surface area (Å²) in [7, 11) is 0. The van der Waals surface area contributed by atoms with E-state index in [2.05, 4.69) is 67.5 Å². The van der Waals surface area contributed by atoms with Gasteiger partial charge in [0, 0.05) is 0 Å². The van der Waals surface area contributed by atoms with E-state index in [1.54, 1.807) is 0 Å². The van der Waals surface area contributed by atoms with E-state index >= 15 is 0 Å². The van der Waals surface area contributed by atoms with Gasteiger partial charge in [0.25, 0.3) is 0 Å². The van der Waals surface area contributed by atoms with Crippen molar-refractivity contribution in [2.75, 3.05) is 0 Å². The molecule has 1 nitrogen and oxygen atoms in total. The lowest BCUT2D eigenvalue weighted by Crippen LogP contribution is -2.01. The van der Waals surface area contributed by atoms with Crippen LogP contribution in [0.15, 0.2) is 24.7 Å². The highest BCUT2D eigenvalue weighted by molar-refractivity contribution is 4.82. The molecule has 4 unspecified atom stereocenters. The standard InChI is InChI=1S/C28H54O/c1-23(2)21-27(7)15-9-13-25(5)17-11-19-29-20-12-18-26(6)14-10-16-28(8)22-24(3)4/h11-12,19-20,23-28H,9-10,13-18,21-22H2,1-8H3. The van der Waals surface area contributed by atoms with Crippen LogP contribution in [-0.2, 0) is 4.74 Å². The third kappa shape index (κ3) is 20.3. The smallest absolute Gasteiger partial charge is 0.0861 e. The molecule has 29 heavy (non-hydrogen) atoms. The van der Waals surface area contributed by atoms with Gasteiger partial charge in [-0.15, -0.1) is 0 Å². The molecule has 0 saturated carbocycles. The molecule has 0 aliphatic heterocycles. The first-order chi connectivity index (χ1) is 13.7. The minimum absolute atomic E-state index is 0.753. The number of hydrogen-bond acceptors (Lipinski definition) is 1. The Morgan fingerprint density at radius 3 is 1.21 bits per heavy atom. The third-order valence-corrected chi connectivity index (χ3v) is 5.96. The van der Waals surface area contributed by atoms with Crippen LogP contribution in [0.4, 0.5) is 0 Å². The predicted molar refractivity (Wildman–Crippen MR) is 132 cm³/mol. The van der Waals surface area contributed by atoms with E-state index in [1.807, 2.05) is 12.5 Å². The summed E-state index contributed by atoms with van der Waals surface area (Å²) in [5, 5.41) is 0. The summed E-state index contributed by atoms with van der Waals surface area (Å²) in [6.45, 7) is 18.8. The monoisotopic (exact) mass is 406 g/mol. The van der Waals surface area contributed by atoms with E-state index in [1.165, 1.54) is 51.4 Å². The zero-order valence-electron chi connectivity index (χ0n) is 21.3. The zero-order chi connectivity index (χ0) is 22.1. The Balaban J connectivity index is 3.68. The fourth-order valence-electron chi connectivity index (χ4n) is 4.44. The molecule has 0 aromatic heterocycles. The molecular weight excluding hydrogens is 352 g/mol. The Kier molecular flexibility index (Phi) is 17.6. The van der Waals surface area contributed by atoms with Gasteiger partial charge in [0.2, 0.25) is 0 Å². The molecule has 0 heterocycles. The quantitative estimate of drug-likeness (QED) is 0.206. The van der Waals surface area contributed by atoms with E-state index < -0.39 is 0 Å². The van der Waals surface area contributed by atoms with Gasteiger partial charge in [0.1, 0.15) is 0 Å². The average Bonchev–Trinajstić information content (AvgIpc) is 2.59. The third-order valence-electron chi connectivity index (χ3n) is 5.96. The van der Waals surface area contributed by atoms with Gasteiger partial charge in [-0.1, -0.05) is 93.9 Å². The molecule has 172 valence electrons. The van der Waals surface area contributed by atoms with Crippen molar-refractivity contribution in [3.8, 4) is 0 Å². The molecule has 1 heteroatoms. The van der Waals surface area contributed by atoms with Crippen LogP contribution in [0.5, 0.6) is 0 Å². The summed E-state index contributed by atoms with van der Waals surface area (Å²) in [6.07, 6.45) is 21.2. The zero-order valence-corrected chi connectivity index (χ0v) is 21.3. The lowest BCUT2D eigenvalue weighted by atomic mass is 9.91. The van der Waals surface area contributed by atoms with Crippen LogP contribution in [0.2, 0.25) is 0 Å². The molecule has 0 aromatic rings. The fourth-order valence-corrected chi connectivity index (χ4v) is 4.44. The van der Waals surface area contributed by atoms with Gasteiger partial charge in [-0.25, -0.2) is 0 Å². The summed E-state index contributed by atoms with van der Waals surface area (Å²) in [6, 6.07) is 0. The van der Waals surface area contributed by atoms with Crippen molar-refractivity contribution in [3.05, 3.63) is 24.7 Å². The fraction of sp³-hybridized carbons (Fsp3) is 0.857. The molecule has 0 bridgehead atoms. The first-order valence-corrected chi connectivity index (χ1v) is 12.7. The van der Waals surface area contributed by atoms with E-state index in [9.17, 15) is 0 Å². The molecule has 0 aromatic carbocycles. The molecule has 0 aliphatic carbocycles. The first-order valence-electron chi connectivity index (χ1n) is 12.7. The Hall–Kier alpha value is -0.720. The first kappa shape index (κ1) is 28.3. The molecule has 0 fully saturated rings. The van der Waals surface area contributed by atoms with Crippen LogP contribution >= 0.6 is 0 Å². The van der Waals surface area contributed by atoms with Crippen LogP contribution in [0, 0.1) is 35.5 Å². The predicted octanol–water partition coefficient (Wildman–Crippen LogP) is 9.79. The lowest BCUT2D eigenvalue weighted by molar-refractivity contribution is 0.375. The molecular formula is C28H54O. The summed E-state index contributed by atoms with van der Waals surface area (Å²) < 4.78 is 5.55. The topological polar surface area (TPSA) is 9.23 Å². The Morgan fingerprint density at radius 2 is 0.862 bits per heavy atom. The highest BCUT2D eigenvalue weighted by Crippen LogP contribution is 2.21. The van der Waals surface area contributed by atoms with Gasteiger partial charge in [-0.05, 0) is 73.3 Å². The second kappa shape index (κ2) is 18.1. The van der Waals surface area contributed by atoms with Gasteiger partial charge in [0.15, 0.2) is 0 Å². The van der Waals surface area contributed by atoms with Gasteiger partial charge in [-0.2, -0.15) is 0 Å². The second-order valence-electron chi connectivity index (χ2n) is 10.9. The van der Waals surface area contributed by atoms with Crippen molar-refractivity contribution in [2.24, 2.45) is 35.5 Å². The van der Waals surface area contributed by atoms with Crippen molar-refractivity contribution in [3.63, 3.8) is 0 Å². The van der Waals surface area contributed by atoms with Gasteiger partial charge < -0.3 is 4.74 Å². The molecule has 0 rings (SSSR count). The normalized spacial score (nSPS) is 16.8. The highest BCUT2D eigenvalue weighted by Gasteiger charge is 2.07. The van der Waals surface area contributed by atoms with E-state index in [-0.39, 0.29) is 0 Å². The van der Waals surface area contributed by atoms with Crippen molar-refractivity contribution in [2.45, 2.75) is 120 Å². The summed E-state index contributed by atoms with van der Waals surface area (Å²) in [5.41, 5.74) is 0. The van der Waals surface area contributed by atoms with E-state index in [4.69, 9.17) is 4.74 Å². The van der Waals surface area contributed by atoms with Crippen LogP contribution in [0.3, 0.4) is 0 Å². The SMILES string of the molecule is CC(C)CC(C)CCCC(C)CC=COC=CCC(C)CCCC(C)CC(C)C. The molecule has 0 aliphatic rings. The molecule has 0 radical (unpaired) electrons. The van der Waals surface area contributed by atoms with Crippen molar-refractivity contribution in [1.82, 2.24) is 0 Å². The van der Waals surface area contributed by atoms with Crippen molar-refractivity contribution in [1.29, 1.82) is 0 Å². The Bertz CT molecular complexity index is 369. The lowest BCUT2D eigenvalue weighted by Gasteiger charge is -2.15. The highest BCUT2D eigenvalue weighted by atomic mass is 16.5. The maximum absolute atomic E-state index is 5.55. The number of hydrogen-bond donors (Lipinski definition) is 0. The van der Waals surface area contributed by atoms with E-state index in [0.29, 0.717) is 0 Å². The van der Waals surface area contributed by atoms with Crippen LogP contribution in [0.1, 0.15) is 120 Å². The van der Waals surface area contributed by atoms with Crippen molar-refractivity contribution < 1.29 is 4.74 Å². The van der Waals surface area contributed by atoms with Crippen LogP contribution in [0.25, 0.3) is 0 Å². The number of rotatable bonds is 18. The summed E-state index contributed by atoms with van der Waals surface area (Å²) in [5.74, 6) is 4.91. The van der Waals surface area contributed by atoms with Crippen LogP contribution < -0.4 is 0 Å². The van der Waals surface area contributed by atoms with Gasteiger partial charge in [-0.3, -0.25) is 0 Å². The molecule has 0 saturated heterocycles. The summed E-state index contributed by atoms with van der Waals surface area (Å²) >= 11 is 0. The van der Waals surface area contributed by atoms with Crippen molar-refractivity contribution >= 4 is 0 Å². The Morgan fingerprint density at radius 1 is 0.517 bits per heavy atom. The molecule has 0 N–H and O–H groups in total. The molecule has 4 atom stereocenters. The average molecular weight is 407 g/mol. The van der Waals surface area contributed by atoms with E-state index in [0.717, 1.165) is 48.3 Å². The summed E-state index contributed by atoms with van der Waals surface area (Å²) in [4.78, 5) is 0. The molecule has 0 spiro atoms. The maximum atomic E-state index is 5.55. The largest absolute Gasteiger partial charge is 0.473 e.